The number of hydrogen-bond acceptors (Lipinski definition) is 4. The summed E-state index contributed by atoms with van der Waals surface area (Å²) in [5.41, 5.74) is 3.24. The highest BCUT2D eigenvalue weighted by Crippen LogP contribution is 2.25. The molecule has 32 heavy (non-hydrogen) atoms. The van der Waals surface area contributed by atoms with Gasteiger partial charge in [0.1, 0.15) is 18.2 Å². The van der Waals surface area contributed by atoms with Crippen LogP contribution in [-0.4, -0.2) is 64.1 Å². The van der Waals surface area contributed by atoms with Gasteiger partial charge in [0, 0.05) is 36.9 Å². The molecule has 172 valence electrons. The summed E-state index contributed by atoms with van der Waals surface area (Å²) >= 11 is 12.1. The van der Waals surface area contributed by atoms with Crippen LogP contribution in [0.2, 0.25) is 10.0 Å². The molecule has 2 fully saturated rings. The first-order valence-corrected chi connectivity index (χ1v) is 12.1. The van der Waals surface area contributed by atoms with Gasteiger partial charge in [-0.05, 0) is 69.7 Å². The van der Waals surface area contributed by atoms with Crippen LogP contribution in [-0.2, 0) is 12.8 Å². The van der Waals surface area contributed by atoms with Crippen molar-refractivity contribution in [3.63, 3.8) is 0 Å². The first-order valence-electron chi connectivity index (χ1n) is 11.3. The Bertz CT molecular complexity index is 965. The van der Waals surface area contributed by atoms with Gasteiger partial charge in [0.25, 0.3) is 5.91 Å². The van der Waals surface area contributed by atoms with E-state index in [0.717, 1.165) is 49.0 Å². The zero-order valence-electron chi connectivity index (χ0n) is 18.4. The number of hydrogen-bond donors (Lipinski definition) is 0. The van der Waals surface area contributed by atoms with Crippen molar-refractivity contribution in [2.45, 2.75) is 57.7 Å². The van der Waals surface area contributed by atoms with Crippen LogP contribution in [0.15, 0.2) is 24.5 Å². The van der Waals surface area contributed by atoms with E-state index in [0.29, 0.717) is 54.3 Å². The SMILES string of the molecule is Cc1c(CCc2ccc(Cl)c(Cl)c2)ncnc1C(=O)N1CCC(N2CCCC(F)C2)CC1. The number of aryl methyl sites for hydroxylation is 2. The van der Waals surface area contributed by atoms with Gasteiger partial charge in [0.15, 0.2) is 0 Å². The van der Waals surface area contributed by atoms with Crippen LogP contribution in [0.25, 0.3) is 0 Å². The number of nitrogens with zero attached hydrogens (tertiary/aromatic N) is 4. The minimum atomic E-state index is -0.714. The third-order valence-corrected chi connectivity index (χ3v) is 7.43. The second kappa shape index (κ2) is 10.4. The molecule has 0 N–H and O–H groups in total. The van der Waals surface area contributed by atoms with E-state index in [2.05, 4.69) is 14.9 Å². The number of benzene rings is 1. The molecule has 0 saturated carbocycles. The molecule has 0 radical (unpaired) electrons. The zero-order valence-corrected chi connectivity index (χ0v) is 19.9. The average molecular weight is 479 g/mol. The van der Waals surface area contributed by atoms with Gasteiger partial charge in [0.2, 0.25) is 0 Å². The number of piperidine rings is 2. The Morgan fingerprint density at radius 3 is 2.59 bits per heavy atom. The molecule has 2 aliphatic rings. The largest absolute Gasteiger partial charge is 0.337 e. The van der Waals surface area contributed by atoms with Gasteiger partial charge in [-0.25, -0.2) is 14.4 Å². The number of carbonyl (C=O) groups is 1. The molecule has 1 aromatic heterocycles. The van der Waals surface area contributed by atoms with Crippen molar-refractivity contribution in [1.82, 2.24) is 19.8 Å². The summed E-state index contributed by atoms with van der Waals surface area (Å²) in [4.78, 5) is 26.1. The summed E-state index contributed by atoms with van der Waals surface area (Å²) in [7, 11) is 0. The summed E-state index contributed by atoms with van der Waals surface area (Å²) < 4.78 is 13.8. The molecule has 1 amide bonds. The molecule has 1 unspecified atom stereocenters. The minimum Gasteiger partial charge on any atom is -0.337 e. The van der Waals surface area contributed by atoms with Crippen molar-refractivity contribution < 1.29 is 9.18 Å². The predicted octanol–water partition coefficient (Wildman–Crippen LogP) is 4.92. The number of halogens is 3. The van der Waals surface area contributed by atoms with E-state index >= 15 is 0 Å². The maximum absolute atomic E-state index is 13.8. The van der Waals surface area contributed by atoms with E-state index in [1.165, 1.54) is 6.33 Å². The molecule has 1 atom stereocenters. The lowest BCUT2D eigenvalue weighted by atomic mass is 9.98. The molecule has 2 aromatic rings. The number of carbonyl (C=O) groups excluding carboxylic acids is 1. The summed E-state index contributed by atoms with van der Waals surface area (Å²) in [6.07, 6.45) is 5.56. The van der Waals surface area contributed by atoms with Crippen molar-refractivity contribution in [2.75, 3.05) is 26.2 Å². The normalized spacial score (nSPS) is 20.5. The van der Waals surface area contributed by atoms with Gasteiger partial charge in [0.05, 0.1) is 10.0 Å². The smallest absolute Gasteiger partial charge is 0.272 e. The highest BCUT2D eigenvalue weighted by molar-refractivity contribution is 6.42. The van der Waals surface area contributed by atoms with Crippen LogP contribution in [0.5, 0.6) is 0 Å². The van der Waals surface area contributed by atoms with Gasteiger partial charge in [-0.2, -0.15) is 0 Å². The van der Waals surface area contributed by atoms with Gasteiger partial charge in [-0.15, -0.1) is 0 Å². The van der Waals surface area contributed by atoms with E-state index in [9.17, 15) is 9.18 Å². The highest BCUT2D eigenvalue weighted by atomic mass is 35.5. The van der Waals surface area contributed by atoms with E-state index in [1.807, 2.05) is 24.0 Å². The topological polar surface area (TPSA) is 49.3 Å². The third-order valence-electron chi connectivity index (χ3n) is 6.69. The zero-order chi connectivity index (χ0) is 22.7. The van der Waals surface area contributed by atoms with Crippen LogP contribution in [0.4, 0.5) is 4.39 Å². The Morgan fingerprint density at radius 2 is 1.88 bits per heavy atom. The molecule has 0 aliphatic carbocycles. The Labute approximate surface area is 198 Å². The summed E-state index contributed by atoms with van der Waals surface area (Å²) in [5, 5.41) is 1.07. The quantitative estimate of drug-likeness (QED) is 0.611. The standard InChI is InChI=1S/C24H29Cl2FN4O/c1-16-22(7-5-17-4-6-20(25)21(26)13-17)28-15-29-23(16)24(32)30-11-8-19(9-12-30)31-10-2-3-18(27)14-31/h4,6,13,15,18-19H,2-3,5,7-12,14H2,1H3. The molecule has 4 rings (SSSR count). The molecule has 0 bridgehead atoms. The molecule has 2 aliphatic heterocycles. The lowest BCUT2D eigenvalue weighted by molar-refractivity contribution is 0.0473. The van der Waals surface area contributed by atoms with Crippen LogP contribution in [0.3, 0.4) is 0 Å². The van der Waals surface area contributed by atoms with Gasteiger partial charge in [-0.3, -0.25) is 9.69 Å². The van der Waals surface area contributed by atoms with E-state index in [1.54, 1.807) is 6.07 Å². The van der Waals surface area contributed by atoms with Crippen molar-refractivity contribution >= 4 is 29.1 Å². The number of rotatable bonds is 5. The molecule has 5 nitrogen and oxygen atoms in total. The van der Waals surface area contributed by atoms with Gasteiger partial charge < -0.3 is 4.90 Å². The Kier molecular flexibility index (Phi) is 7.64. The molecule has 8 heteroatoms. The van der Waals surface area contributed by atoms with E-state index in [4.69, 9.17) is 23.2 Å². The summed E-state index contributed by atoms with van der Waals surface area (Å²) in [6.45, 7) is 4.77. The van der Waals surface area contributed by atoms with Crippen molar-refractivity contribution in [3.05, 3.63) is 57.1 Å². The number of likely N-dealkylation sites (tertiary alicyclic amines) is 2. The van der Waals surface area contributed by atoms with Gasteiger partial charge >= 0.3 is 0 Å². The first-order chi connectivity index (χ1) is 15.4. The Balaban J connectivity index is 1.37. The maximum atomic E-state index is 13.8. The average Bonchev–Trinajstić information content (AvgIpc) is 2.80. The fourth-order valence-corrected chi connectivity index (χ4v) is 5.10. The highest BCUT2D eigenvalue weighted by Gasteiger charge is 2.31. The molecular weight excluding hydrogens is 450 g/mol. The number of alkyl halides is 1. The lowest BCUT2D eigenvalue weighted by Gasteiger charge is -2.40. The van der Waals surface area contributed by atoms with Crippen molar-refractivity contribution in [1.29, 1.82) is 0 Å². The van der Waals surface area contributed by atoms with E-state index < -0.39 is 6.17 Å². The Hall–Kier alpha value is -1.76. The molecule has 1 aromatic carbocycles. The van der Waals surface area contributed by atoms with E-state index in [-0.39, 0.29) is 5.91 Å². The second-order valence-corrected chi connectivity index (χ2v) is 9.61. The van der Waals surface area contributed by atoms with Crippen LogP contribution < -0.4 is 0 Å². The van der Waals surface area contributed by atoms with Crippen LogP contribution >= 0.6 is 23.2 Å². The predicted molar refractivity (Wildman–Crippen MR) is 125 cm³/mol. The third kappa shape index (κ3) is 5.41. The Morgan fingerprint density at radius 1 is 1.09 bits per heavy atom. The van der Waals surface area contributed by atoms with Crippen molar-refractivity contribution in [3.8, 4) is 0 Å². The molecule has 2 saturated heterocycles. The lowest BCUT2D eigenvalue weighted by Crippen LogP contribution is -2.50. The first kappa shape index (κ1) is 23.4. The van der Waals surface area contributed by atoms with Crippen molar-refractivity contribution in [2.24, 2.45) is 0 Å². The number of amides is 1. The number of aromatic nitrogens is 2. The summed E-state index contributed by atoms with van der Waals surface area (Å²) in [5.74, 6) is -0.0406. The minimum absolute atomic E-state index is 0.0406. The summed E-state index contributed by atoms with van der Waals surface area (Å²) in [6, 6.07) is 5.98. The maximum Gasteiger partial charge on any atom is 0.272 e. The fourth-order valence-electron chi connectivity index (χ4n) is 4.78. The molecular formula is C24H29Cl2FN4O. The second-order valence-electron chi connectivity index (χ2n) is 8.80. The van der Waals surface area contributed by atoms with Crippen LogP contribution in [0.1, 0.15) is 53.0 Å². The monoisotopic (exact) mass is 478 g/mol. The molecule has 0 spiro atoms. The fraction of sp³-hybridized carbons (Fsp3) is 0.542. The molecule has 3 heterocycles. The van der Waals surface area contributed by atoms with Gasteiger partial charge in [-0.1, -0.05) is 29.3 Å². The van der Waals surface area contributed by atoms with Crippen LogP contribution in [0, 0.1) is 6.92 Å².